The van der Waals surface area contributed by atoms with Gasteiger partial charge in [-0.15, -0.1) is 0 Å². The summed E-state index contributed by atoms with van der Waals surface area (Å²) in [4.78, 5) is 16.8. The van der Waals surface area contributed by atoms with Crippen LogP contribution < -0.4 is 15.4 Å². The van der Waals surface area contributed by atoms with Crippen molar-refractivity contribution in [2.75, 3.05) is 0 Å². The van der Waals surface area contributed by atoms with E-state index in [1.54, 1.807) is 0 Å². The Labute approximate surface area is 214 Å². The van der Waals surface area contributed by atoms with Crippen LogP contribution in [0.2, 0.25) is 0 Å². The number of imidazole rings is 2. The first-order valence-corrected chi connectivity index (χ1v) is 13.5. The smallest absolute Gasteiger partial charge is 0.129 e. The summed E-state index contributed by atoms with van der Waals surface area (Å²) < 4.78 is 6.29. The Morgan fingerprint density at radius 3 is 1.92 bits per heavy atom. The monoisotopic (exact) mass is 488 g/mol. The molecule has 4 heterocycles. The predicted octanol–water partition coefficient (Wildman–Crippen LogP) is 5.74. The van der Waals surface area contributed by atoms with Crippen LogP contribution in [0.3, 0.4) is 0 Å². The highest BCUT2D eigenvalue weighted by Gasteiger charge is 2.47. The van der Waals surface area contributed by atoms with Gasteiger partial charge in [0.05, 0.1) is 34.2 Å². The topological polar surface area (TPSA) is 90.7 Å². The van der Waals surface area contributed by atoms with E-state index < -0.39 is 0 Å². The third kappa shape index (κ3) is 3.49. The molecule has 4 N–H and O–H groups in total. The molecule has 2 aromatic heterocycles. The van der Waals surface area contributed by atoms with Gasteiger partial charge in [0.1, 0.15) is 23.1 Å². The molecule has 9 rings (SSSR count). The van der Waals surface area contributed by atoms with Crippen LogP contribution in [0.25, 0.3) is 33.2 Å². The zero-order valence-electron chi connectivity index (χ0n) is 20.4. The lowest BCUT2D eigenvalue weighted by molar-refractivity contribution is 0.483. The van der Waals surface area contributed by atoms with Crippen LogP contribution in [0.15, 0.2) is 60.7 Å². The third-order valence-electron chi connectivity index (χ3n) is 8.79. The number of piperidine rings is 2. The normalized spacial score (nSPS) is 29.5. The minimum atomic E-state index is 0.348. The van der Waals surface area contributed by atoms with Gasteiger partial charge in [-0.3, -0.25) is 0 Å². The lowest BCUT2D eigenvalue weighted by Gasteiger charge is -2.09. The number of aromatic amines is 2. The van der Waals surface area contributed by atoms with Crippen molar-refractivity contribution in [3.05, 3.63) is 72.3 Å². The first-order valence-electron chi connectivity index (χ1n) is 13.5. The first-order chi connectivity index (χ1) is 18.2. The number of H-pyrrole nitrogens is 2. The lowest BCUT2D eigenvalue weighted by Crippen LogP contribution is -2.18. The van der Waals surface area contributed by atoms with Crippen LogP contribution in [0.1, 0.15) is 49.4 Å². The van der Waals surface area contributed by atoms with Crippen LogP contribution in [-0.2, 0) is 0 Å². The van der Waals surface area contributed by atoms with E-state index in [0.29, 0.717) is 24.2 Å². The van der Waals surface area contributed by atoms with Gasteiger partial charge in [-0.2, -0.15) is 0 Å². The minimum absolute atomic E-state index is 0.348. The summed E-state index contributed by atoms with van der Waals surface area (Å²) in [5, 5.41) is 7.37. The summed E-state index contributed by atoms with van der Waals surface area (Å²) in [6.45, 7) is 0. The van der Waals surface area contributed by atoms with Crippen molar-refractivity contribution in [2.24, 2.45) is 11.8 Å². The van der Waals surface area contributed by atoms with E-state index in [-0.39, 0.29) is 0 Å². The maximum absolute atomic E-state index is 6.29. The molecule has 2 saturated carbocycles. The second-order valence-corrected chi connectivity index (χ2v) is 11.4. The minimum Gasteiger partial charge on any atom is -0.457 e. The fraction of sp³-hybridized carbons (Fsp3) is 0.333. The second-order valence-electron chi connectivity index (χ2n) is 11.4. The summed E-state index contributed by atoms with van der Waals surface area (Å²) in [5.74, 6) is 5.41. The maximum Gasteiger partial charge on any atom is 0.129 e. The van der Waals surface area contributed by atoms with Gasteiger partial charge in [0.25, 0.3) is 0 Å². The van der Waals surface area contributed by atoms with E-state index in [1.807, 2.05) is 30.3 Å². The maximum atomic E-state index is 6.29. The van der Waals surface area contributed by atoms with Crippen molar-refractivity contribution < 1.29 is 4.74 Å². The second kappa shape index (κ2) is 7.43. The number of hydrogen-bond acceptors (Lipinski definition) is 5. The number of fused-ring (bicyclic) bond motifs is 4. The Balaban J connectivity index is 0.965. The van der Waals surface area contributed by atoms with Crippen molar-refractivity contribution >= 4 is 22.1 Å². The van der Waals surface area contributed by atoms with Gasteiger partial charge in [-0.25, -0.2) is 9.97 Å². The zero-order valence-corrected chi connectivity index (χ0v) is 20.4. The van der Waals surface area contributed by atoms with Crippen LogP contribution >= 0.6 is 0 Å². The number of benzene rings is 3. The summed E-state index contributed by atoms with van der Waals surface area (Å²) in [5.41, 5.74) is 6.36. The molecule has 6 atom stereocenters. The Morgan fingerprint density at radius 2 is 1.24 bits per heavy atom. The largest absolute Gasteiger partial charge is 0.457 e. The average molecular weight is 489 g/mol. The van der Waals surface area contributed by atoms with Crippen LogP contribution in [0.5, 0.6) is 11.5 Å². The highest BCUT2D eigenvalue weighted by Crippen LogP contribution is 2.46. The van der Waals surface area contributed by atoms with Gasteiger partial charge in [-0.1, -0.05) is 18.2 Å². The summed E-state index contributed by atoms with van der Waals surface area (Å²) in [7, 11) is 0. The number of rotatable bonds is 5. The first kappa shape index (κ1) is 20.4. The number of ether oxygens (including phenoxy) is 1. The van der Waals surface area contributed by atoms with Crippen molar-refractivity contribution in [1.82, 2.24) is 30.6 Å². The summed E-state index contributed by atoms with van der Waals surface area (Å²) >= 11 is 0. The van der Waals surface area contributed by atoms with E-state index in [1.165, 1.54) is 25.7 Å². The van der Waals surface area contributed by atoms with Gasteiger partial charge in [0.2, 0.25) is 0 Å². The van der Waals surface area contributed by atoms with Crippen molar-refractivity contribution in [3.63, 3.8) is 0 Å². The van der Waals surface area contributed by atoms with E-state index in [2.05, 4.69) is 50.9 Å². The quantitative estimate of drug-likeness (QED) is 0.253. The fourth-order valence-electron chi connectivity index (χ4n) is 6.55. The van der Waals surface area contributed by atoms with Gasteiger partial charge in [0.15, 0.2) is 0 Å². The van der Waals surface area contributed by atoms with E-state index in [0.717, 1.165) is 68.2 Å². The molecule has 2 saturated heterocycles. The molecule has 4 fully saturated rings. The number of nitrogens with zero attached hydrogens (tertiary/aromatic N) is 2. The number of nitrogens with one attached hydrogen (secondary N) is 4. The molecule has 4 aliphatic rings. The van der Waals surface area contributed by atoms with Gasteiger partial charge in [0, 0.05) is 18.2 Å². The number of aromatic nitrogens is 4. The molecular weight excluding hydrogens is 460 g/mol. The molecular formula is C30H28N6O. The molecule has 2 aliphatic heterocycles. The van der Waals surface area contributed by atoms with E-state index >= 15 is 0 Å². The lowest BCUT2D eigenvalue weighted by atomic mass is 10.0. The molecule has 0 amide bonds. The highest BCUT2D eigenvalue weighted by molar-refractivity contribution is 5.82. The Kier molecular flexibility index (Phi) is 4.09. The molecule has 37 heavy (non-hydrogen) atoms. The van der Waals surface area contributed by atoms with Gasteiger partial charge < -0.3 is 25.3 Å². The van der Waals surface area contributed by atoms with Gasteiger partial charge >= 0.3 is 0 Å². The van der Waals surface area contributed by atoms with Gasteiger partial charge in [-0.05, 0) is 85.0 Å². The molecule has 0 unspecified atom stereocenters. The zero-order chi connectivity index (χ0) is 24.1. The predicted molar refractivity (Wildman–Crippen MR) is 142 cm³/mol. The van der Waals surface area contributed by atoms with E-state index in [9.17, 15) is 0 Å². The molecule has 2 aliphatic carbocycles. The molecule has 0 radical (unpaired) electrons. The highest BCUT2D eigenvalue weighted by atomic mass is 16.5. The molecule has 3 aromatic carbocycles. The van der Waals surface area contributed by atoms with Crippen molar-refractivity contribution in [3.8, 4) is 22.6 Å². The van der Waals surface area contributed by atoms with E-state index in [4.69, 9.17) is 14.7 Å². The third-order valence-corrected chi connectivity index (χ3v) is 8.79. The molecule has 5 aromatic rings. The Morgan fingerprint density at radius 1 is 0.622 bits per heavy atom. The molecule has 7 heteroatoms. The fourth-order valence-corrected chi connectivity index (χ4v) is 6.55. The van der Waals surface area contributed by atoms with Crippen LogP contribution in [-0.4, -0.2) is 32.0 Å². The Hall–Kier alpha value is -3.68. The average Bonchev–Trinajstić information content (AvgIpc) is 3.50. The van der Waals surface area contributed by atoms with Crippen LogP contribution in [0, 0.1) is 11.8 Å². The number of hydrogen-bond donors (Lipinski definition) is 4. The van der Waals surface area contributed by atoms with Crippen LogP contribution in [0.4, 0.5) is 0 Å². The summed E-state index contributed by atoms with van der Waals surface area (Å²) in [6, 6.07) is 22.9. The summed E-state index contributed by atoms with van der Waals surface area (Å²) in [6.07, 6.45) is 5.03. The van der Waals surface area contributed by atoms with Crippen molar-refractivity contribution in [2.45, 2.75) is 49.9 Å². The molecule has 7 nitrogen and oxygen atoms in total. The Bertz CT molecular complexity index is 1670. The SMILES string of the molecule is c1cc(Oc2ccc3nc([C@@H]4C[C@H]5C[C@H]5N4)[nH]c3c2)cc(-c2ccc3nc([C@@H]4C[C@H]5C[C@H]5N4)[nH]c3c2)c1. The molecule has 184 valence electrons. The molecule has 0 spiro atoms. The van der Waals surface area contributed by atoms with Crippen molar-refractivity contribution in [1.29, 1.82) is 0 Å². The molecule has 0 bridgehead atoms. The standard InChI is InChI=1S/C30H28N6O/c1-2-15(16-4-6-21-25(9-16)35-29(33-21)27-12-17-10-23(17)31-27)8-19(3-1)37-20-5-7-22-26(14-20)36-30(34-22)28-13-18-11-24(18)32-28/h1-9,14,17-18,23-24,27-28,31-32H,10-13H2,(H,33,35)(H,34,36)/t17-,18-,23-,24-,27+,28+/m1/s1.